The van der Waals surface area contributed by atoms with Crippen molar-refractivity contribution in [3.63, 3.8) is 0 Å². The lowest BCUT2D eigenvalue weighted by atomic mass is 9.88. The molecule has 0 fully saturated rings. The molecule has 3 heteroatoms. The molecule has 3 rings (SSSR count). The van der Waals surface area contributed by atoms with Crippen LogP contribution in [0.1, 0.15) is 71.8 Å². The average molecular weight is 351 g/mol. The fraction of sp³-hybridized carbons (Fsp3) is 0.435. The minimum atomic E-state index is -0.0271. The summed E-state index contributed by atoms with van der Waals surface area (Å²) >= 11 is 0. The first-order chi connectivity index (χ1) is 12.6. The number of rotatable bonds is 6. The molecule has 0 spiro atoms. The number of fused-ring (bicyclic) bond motifs is 1. The molecule has 0 aromatic heterocycles. The first-order valence-corrected chi connectivity index (χ1v) is 9.78. The maximum atomic E-state index is 12.7. The van der Waals surface area contributed by atoms with Crippen molar-refractivity contribution in [1.29, 1.82) is 0 Å². The van der Waals surface area contributed by atoms with E-state index in [4.69, 9.17) is 4.74 Å². The fourth-order valence-corrected chi connectivity index (χ4v) is 3.74. The highest BCUT2D eigenvalue weighted by molar-refractivity contribution is 5.94. The van der Waals surface area contributed by atoms with Gasteiger partial charge in [-0.1, -0.05) is 25.1 Å². The van der Waals surface area contributed by atoms with Crippen LogP contribution in [0.5, 0.6) is 5.75 Å². The summed E-state index contributed by atoms with van der Waals surface area (Å²) in [6.07, 6.45) is 5.78. The normalized spacial score (nSPS) is 14.4. The summed E-state index contributed by atoms with van der Waals surface area (Å²) in [4.78, 5) is 12.7. The van der Waals surface area contributed by atoms with Gasteiger partial charge in [0.25, 0.3) is 5.91 Å². The van der Waals surface area contributed by atoms with Crippen LogP contribution >= 0.6 is 0 Å². The Morgan fingerprint density at radius 3 is 2.54 bits per heavy atom. The van der Waals surface area contributed by atoms with Crippen molar-refractivity contribution in [2.45, 2.75) is 58.9 Å². The molecular formula is C23H29NO2. The van der Waals surface area contributed by atoms with Crippen molar-refractivity contribution in [2.75, 3.05) is 6.61 Å². The zero-order valence-corrected chi connectivity index (χ0v) is 16.1. The molecular weight excluding hydrogens is 322 g/mol. The molecule has 26 heavy (non-hydrogen) atoms. The van der Waals surface area contributed by atoms with Gasteiger partial charge in [0, 0.05) is 5.56 Å². The third-order valence-electron chi connectivity index (χ3n) is 5.23. The van der Waals surface area contributed by atoms with Gasteiger partial charge >= 0.3 is 0 Å². The van der Waals surface area contributed by atoms with Crippen LogP contribution in [0.4, 0.5) is 0 Å². The van der Waals surface area contributed by atoms with Gasteiger partial charge in [0.1, 0.15) is 5.75 Å². The van der Waals surface area contributed by atoms with Gasteiger partial charge in [-0.15, -0.1) is 0 Å². The lowest BCUT2D eigenvalue weighted by Crippen LogP contribution is -2.28. The standard InChI is InChI=1S/C23H29NO2/c1-4-21(19-11-10-17-8-6-7-9-18(17)15-19)24-23(25)20-12-13-22(26-5-2)16(3)14-20/h10-15,21H,4-9H2,1-3H3,(H,24,25)/t21-/m1/s1. The molecule has 0 unspecified atom stereocenters. The summed E-state index contributed by atoms with van der Waals surface area (Å²) in [6, 6.07) is 12.4. The van der Waals surface area contributed by atoms with E-state index in [0.29, 0.717) is 12.2 Å². The van der Waals surface area contributed by atoms with Gasteiger partial charge in [-0.25, -0.2) is 0 Å². The second kappa shape index (κ2) is 8.39. The van der Waals surface area contributed by atoms with Gasteiger partial charge in [-0.3, -0.25) is 4.79 Å². The number of carbonyl (C=O) groups excluding carboxylic acids is 1. The Labute approximate surface area is 156 Å². The van der Waals surface area contributed by atoms with Crippen LogP contribution < -0.4 is 10.1 Å². The molecule has 1 atom stereocenters. The van der Waals surface area contributed by atoms with E-state index in [2.05, 4.69) is 30.4 Å². The van der Waals surface area contributed by atoms with Gasteiger partial charge in [0.2, 0.25) is 0 Å². The molecule has 0 bridgehead atoms. The molecule has 2 aromatic rings. The quantitative estimate of drug-likeness (QED) is 0.781. The largest absolute Gasteiger partial charge is 0.494 e. The molecule has 0 saturated carbocycles. The number of aryl methyl sites for hydroxylation is 3. The summed E-state index contributed by atoms with van der Waals surface area (Å²) < 4.78 is 5.56. The Kier molecular flexibility index (Phi) is 5.97. The summed E-state index contributed by atoms with van der Waals surface area (Å²) in [5, 5.41) is 3.21. The van der Waals surface area contributed by atoms with Gasteiger partial charge in [0.15, 0.2) is 0 Å². The van der Waals surface area contributed by atoms with Crippen LogP contribution in [0.15, 0.2) is 36.4 Å². The van der Waals surface area contributed by atoms with Crippen LogP contribution in [-0.2, 0) is 12.8 Å². The van der Waals surface area contributed by atoms with Crippen LogP contribution in [0.2, 0.25) is 0 Å². The summed E-state index contributed by atoms with van der Waals surface area (Å²) in [6.45, 7) is 6.68. The van der Waals surface area contributed by atoms with E-state index >= 15 is 0 Å². The number of carbonyl (C=O) groups is 1. The number of ether oxygens (including phenoxy) is 1. The highest BCUT2D eigenvalue weighted by Gasteiger charge is 2.17. The minimum absolute atomic E-state index is 0.0271. The molecule has 1 amide bonds. The molecule has 3 nitrogen and oxygen atoms in total. The topological polar surface area (TPSA) is 38.3 Å². The van der Waals surface area contributed by atoms with E-state index in [1.165, 1.54) is 36.0 Å². The van der Waals surface area contributed by atoms with E-state index in [1.807, 2.05) is 32.0 Å². The second-order valence-electron chi connectivity index (χ2n) is 7.08. The Balaban J connectivity index is 1.75. The predicted molar refractivity (Wildman–Crippen MR) is 106 cm³/mol. The molecule has 1 N–H and O–H groups in total. The lowest BCUT2D eigenvalue weighted by molar-refractivity contribution is 0.0935. The summed E-state index contributed by atoms with van der Waals surface area (Å²) in [5.41, 5.74) is 5.81. The van der Waals surface area contributed by atoms with Crippen LogP contribution in [0, 0.1) is 6.92 Å². The van der Waals surface area contributed by atoms with Crippen LogP contribution in [0.25, 0.3) is 0 Å². The summed E-state index contributed by atoms with van der Waals surface area (Å²) in [5.74, 6) is 0.812. The molecule has 2 aromatic carbocycles. The fourth-order valence-electron chi connectivity index (χ4n) is 3.74. The molecule has 0 radical (unpaired) electrons. The van der Waals surface area contributed by atoms with E-state index in [1.54, 1.807) is 0 Å². The van der Waals surface area contributed by atoms with E-state index in [-0.39, 0.29) is 11.9 Å². The maximum absolute atomic E-state index is 12.7. The zero-order chi connectivity index (χ0) is 18.5. The Morgan fingerprint density at radius 2 is 1.85 bits per heavy atom. The SMILES string of the molecule is CCOc1ccc(C(=O)N[C@H](CC)c2ccc3c(c2)CCCC3)cc1C. The smallest absolute Gasteiger partial charge is 0.251 e. The highest BCUT2D eigenvalue weighted by Crippen LogP contribution is 2.26. The first kappa shape index (κ1) is 18.5. The van der Waals surface area contributed by atoms with Crippen molar-refractivity contribution >= 4 is 5.91 Å². The summed E-state index contributed by atoms with van der Waals surface area (Å²) in [7, 11) is 0. The molecule has 1 aliphatic rings. The van der Waals surface area contributed by atoms with E-state index in [0.717, 1.165) is 24.2 Å². The van der Waals surface area contributed by atoms with Crippen molar-refractivity contribution < 1.29 is 9.53 Å². The molecule has 1 aliphatic carbocycles. The van der Waals surface area contributed by atoms with Crippen LogP contribution in [0.3, 0.4) is 0 Å². The number of nitrogens with one attached hydrogen (secondary N) is 1. The van der Waals surface area contributed by atoms with Gasteiger partial charge in [-0.05, 0) is 86.4 Å². The van der Waals surface area contributed by atoms with E-state index < -0.39 is 0 Å². The second-order valence-corrected chi connectivity index (χ2v) is 7.08. The minimum Gasteiger partial charge on any atom is -0.494 e. The maximum Gasteiger partial charge on any atom is 0.251 e. The third kappa shape index (κ3) is 4.09. The number of benzene rings is 2. The van der Waals surface area contributed by atoms with Crippen molar-refractivity contribution in [3.8, 4) is 5.75 Å². The van der Waals surface area contributed by atoms with Gasteiger partial charge in [-0.2, -0.15) is 0 Å². The monoisotopic (exact) mass is 351 g/mol. The Hall–Kier alpha value is -2.29. The van der Waals surface area contributed by atoms with Gasteiger partial charge < -0.3 is 10.1 Å². The number of amides is 1. The molecule has 0 heterocycles. The lowest BCUT2D eigenvalue weighted by Gasteiger charge is -2.22. The number of hydrogen-bond acceptors (Lipinski definition) is 2. The Morgan fingerprint density at radius 1 is 1.08 bits per heavy atom. The van der Waals surface area contributed by atoms with Crippen molar-refractivity contribution in [3.05, 3.63) is 64.2 Å². The van der Waals surface area contributed by atoms with E-state index in [9.17, 15) is 4.79 Å². The van der Waals surface area contributed by atoms with Gasteiger partial charge in [0.05, 0.1) is 12.6 Å². The Bertz CT molecular complexity index is 782. The van der Waals surface area contributed by atoms with Crippen molar-refractivity contribution in [1.82, 2.24) is 5.32 Å². The van der Waals surface area contributed by atoms with Crippen LogP contribution in [-0.4, -0.2) is 12.5 Å². The number of hydrogen-bond donors (Lipinski definition) is 1. The highest BCUT2D eigenvalue weighted by atomic mass is 16.5. The molecule has 0 saturated heterocycles. The third-order valence-corrected chi connectivity index (χ3v) is 5.23. The van der Waals surface area contributed by atoms with Crippen molar-refractivity contribution in [2.24, 2.45) is 0 Å². The predicted octanol–water partition coefficient (Wildman–Crippen LogP) is 5.15. The molecule has 0 aliphatic heterocycles. The molecule has 138 valence electrons. The average Bonchev–Trinajstić information content (AvgIpc) is 2.67. The zero-order valence-electron chi connectivity index (χ0n) is 16.1. The first-order valence-electron chi connectivity index (χ1n) is 9.78.